The number of hydrogen-bond donors (Lipinski definition) is 1. The number of nitro groups is 1. The number of aromatic nitrogens is 2. The molecule has 110 valence electrons. The lowest BCUT2D eigenvalue weighted by atomic mass is 10.0. The average Bonchev–Trinajstić information content (AvgIpc) is 2.46. The van der Waals surface area contributed by atoms with Gasteiger partial charge >= 0.3 is 5.69 Å². The summed E-state index contributed by atoms with van der Waals surface area (Å²) in [6, 6.07) is 0.268. The van der Waals surface area contributed by atoms with Crippen LogP contribution in [0, 0.1) is 10.1 Å². The van der Waals surface area contributed by atoms with Gasteiger partial charge in [0.05, 0.1) is 4.92 Å². The predicted molar refractivity (Wildman–Crippen MR) is 77.2 cm³/mol. The van der Waals surface area contributed by atoms with Crippen LogP contribution < -0.4 is 10.2 Å². The molecule has 1 aromatic heterocycles. The quantitative estimate of drug-likeness (QED) is 0.649. The van der Waals surface area contributed by atoms with Gasteiger partial charge in [-0.1, -0.05) is 0 Å². The molecular formula is C12H20N6O2. The number of nitrogens with zero attached hydrogens (tertiary/aromatic N) is 5. The Bertz CT molecular complexity index is 487. The van der Waals surface area contributed by atoms with Gasteiger partial charge < -0.3 is 15.1 Å². The third-order valence-corrected chi connectivity index (χ3v) is 3.79. The number of hydrogen-bond acceptors (Lipinski definition) is 7. The Labute approximate surface area is 118 Å². The molecule has 1 fully saturated rings. The number of nitrogens with one attached hydrogen (secondary N) is 1. The molecule has 2 heterocycles. The van der Waals surface area contributed by atoms with Crippen LogP contribution in [0.1, 0.15) is 12.8 Å². The van der Waals surface area contributed by atoms with Crippen molar-refractivity contribution in [2.45, 2.75) is 18.9 Å². The smallest absolute Gasteiger partial charge is 0.353 e. The molecule has 0 aliphatic carbocycles. The van der Waals surface area contributed by atoms with Gasteiger partial charge in [0, 0.05) is 20.1 Å². The molecule has 1 aromatic rings. The third-order valence-electron chi connectivity index (χ3n) is 3.79. The number of rotatable bonds is 4. The lowest BCUT2D eigenvalue weighted by Crippen LogP contribution is -2.42. The van der Waals surface area contributed by atoms with E-state index in [1.807, 2.05) is 11.9 Å². The molecule has 1 saturated heterocycles. The molecule has 0 unspecified atom stereocenters. The Morgan fingerprint density at radius 1 is 1.45 bits per heavy atom. The Kier molecular flexibility index (Phi) is 4.33. The van der Waals surface area contributed by atoms with Crippen molar-refractivity contribution < 1.29 is 4.92 Å². The number of likely N-dealkylation sites (tertiary alicyclic amines) is 1. The van der Waals surface area contributed by atoms with E-state index in [1.165, 1.54) is 6.33 Å². The van der Waals surface area contributed by atoms with E-state index >= 15 is 0 Å². The van der Waals surface area contributed by atoms with E-state index in [0.29, 0.717) is 5.82 Å². The van der Waals surface area contributed by atoms with Crippen LogP contribution in [0.25, 0.3) is 0 Å². The van der Waals surface area contributed by atoms with Gasteiger partial charge in [0.2, 0.25) is 11.6 Å². The van der Waals surface area contributed by atoms with E-state index < -0.39 is 4.92 Å². The van der Waals surface area contributed by atoms with E-state index in [9.17, 15) is 10.1 Å². The zero-order chi connectivity index (χ0) is 14.7. The van der Waals surface area contributed by atoms with Gasteiger partial charge in [-0.05, 0) is 33.0 Å². The minimum Gasteiger partial charge on any atom is -0.367 e. The first kappa shape index (κ1) is 14.4. The van der Waals surface area contributed by atoms with Gasteiger partial charge in [-0.3, -0.25) is 10.1 Å². The van der Waals surface area contributed by atoms with Gasteiger partial charge in [-0.2, -0.15) is 0 Å². The molecule has 1 aliphatic heterocycles. The average molecular weight is 280 g/mol. The highest BCUT2D eigenvalue weighted by Crippen LogP contribution is 2.33. The summed E-state index contributed by atoms with van der Waals surface area (Å²) >= 11 is 0. The summed E-state index contributed by atoms with van der Waals surface area (Å²) in [5, 5.41) is 14.0. The van der Waals surface area contributed by atoms with Crippen LogP contribution in [0.3, 0.4) is 0 Å². The zero-order valence-electron chi connectivity index (χ0n) is 12.0. The fourth-order valence-electron chi connectivity index (χ4n) is 2.53. The maximum Gasteiger partial charge on any atom is 0.353 e. The second kappa shape index (κ2) is 6.00. The molecule has 0 radical (unpaired) electrons. The van der Waals surface area contributed by atoms with Crippen LogP contribution in [0.4, 0.5) is 17.3 Å². The molecule has 0 saturated carbocycles. The van der Waals surface area contributed by atoms with Crippen molar-refractivity contribution in [1.82, 2.24) is 14.9 Å². The molecule has 1 aliphatic rings. The van der Waals surface area contributed by atoms with E-state index in [2.05, 4.69) is 27.2 Å². The Balaban J connectivity index is 2.29. The van der Waals surface area contributed by atoms with Crippen LogP contribution in [-0.2, 0) is 0 Å². The summed E-state index contributed by atoms with van der Waals surface area (Å²) < 4.78 is 0. The topological polar surface area (TPSA) is 87.4 Å². The molecule has 0 bridgehead atoms. The molecular weight excluding hydrogens is 260 g/mol. The van der Waals surface area contributed by atoms with Crippen molar-refractivity contribution >= 4 is 17.3 Å². The summed E-state index contributed by atoms with van der Waals surface area (Å²) in [6.07, 6.45) is 3.31. The van der Waals surface area contributed by atoms with E-state index in [0.717, 1.165) is 25.9 Å². The van der Waals surface area contributed by atoms with Crippen LogP contribution >= 0.6 is 0 Å². The van der Waals surface area contributed by atoms with Crippen LogP contribution in [0.2, 0.25) is 0 Å². The first-order valence-electron chi connectivity index (χ1n) is 6.63. The van der Waals surface area contributed by atoms with Gasteiger partial charge in [0.1, 0.15) is 6.33 Å². The third kappa shape index (κ3) is 2.79. The Morgan fingerprint density at radius 3 is 2.65 bits per heavy atom. The van der Waals surface area contributed by atoms with E-state index in [1.54, 1.807) is 7.05 Å². The summed E-state index contributed by atoms with van der Waals surface area (Å²) in [6.45, 7) is 1.99. The molecule has 8 heteroatoms. The molecule has 0 spiro atoms. The molecule has 0 atom stereocenters. The Morgan fingerprint density at radius 2 is 2.10 bits per heavy atom. The first-order chi connectivity index (χ1) is 9.54. The second-order valence-electron chi connectivity index (χ2n) is 5.05. The van der Waals surface area contributed by atoms with Gasteiger partial charge in [0.25, 0.3) is 0 Å². The summed E-state index contributed by atoms with van der Waals surface area (Å²) in [5.74, 6) is 0.628. The van der Waals surface area contributed by atoms with E-state index in [4.69, 9.17) is 0 Å². The minimum atomic E-state index is -0.424. The molecule has 0 aromatic carbocycles. The van der Waals surface area contributed by atoms with Crippen LogP contribution in [0.15, 0.2) is 6.33 Å². The zero-order valence-corrected chi connectivity index (χ0v) is 12.0. The van der Waals surface area contributed by atoms with Crippen molar-refractivity contribution in [3.63, 3.8) is 0 Å². The predicted octanol–water partition coefficient (Wildman–Crippen LogP) is 0.957. The molecule has 20 heavy (non-hydrogen) atoms. The lowest BCUT2D eigenvalue weighted by Gasteiger charge is -2.35. The summed E-state index contributed by atoms with van der Waals surface area (Å²) in [5.41, 5.74) is -0.0589. The van der Waals surface area contributed by atoms with Crippen molar-refractivity contribution in [2.75, 3.05) is 44.4 Å². The molecule has 1 N–H and O–H groups in total. The number of piperidine rings is 1. The monoisotopic (exact) mass is 280 g/mol. The summed E-state index contributed by atoms with van der Waals surface area (Å²) in [4.78, 5) is 23.1. The fraction of sp³-hybridized carbons (Fsp3) is 0.667. The highest BCUT2D eigenvalue weighted by molar-refractivity contribution is 5.70. The minimum absolute atomic E-state index is 0.0589. The Hall–Kier alpha value is -1.96. The molecule has 0 amide bonds. The standard InChI is InChI=1S/C12H20N6O2/c1-13-11-10(18(19)20)12(15-8-14-11)17(3)9-4-6-16(2)7-5-9/h8-9H,4-7H2,1-3H3,(H,13,14,15). The normalized spacial score (nSPS) is 16.9. The second-order valence-corrected chi connectivity index (χ2v) is 5.05. The van der Waals surface area contributed by atoms with E-state index in [-0.39, 0.29) is 17.5 Å². The van der Waals surface area contributed by atoms with Crippen LogP contribution in [0.5, 0.6) is 0 Å². The SMILES string of the molecule is CNc1ncnc(N(C)C2CCN(C)CC2)c1[N+](=O)[O-]. The molecule has 2 rings (SSSR count). The summed E-state index contributed by atoms with van der Waals surface area (Å²) in [7, 11) is 5.57. The van der Waals surface area contributed by atoms with Gasteiger partial charge in [0.15, 0.2) is 0 Å². The van der Waals surface area contributed by atoms with Crippen molar-refractivity contribution in [1.29, 1.82) is 0 Å². The van der Waals surface area contributed by atoms with Crippen molar-refractivity contribution in [2.24, 2.45) is 0 Å². The first-order valence-corrected chi connectivity index (χ1v) is 6.63. The fourth-order valence-corrected chi connectivity index (χ4v) is 2.53. The highest BCUT2D eigenvalue weighted by Gasteiger charge is 2.29. The van der Waals surface area contributed by atoms with Crippen molar-refractivity contribution in [3.05, 3.63) is 16.4 Å². The number of anilines is 2. The maximum atomic E-state index is 11.3. The maximum absolute atomic E-state index is 11.3. The lowest BCUT2D eigenvalue weighted by molar-refractivity contribution is -0.383. The molecule has 8 nitrogen and oxygen atoms in total. The van der Waals surface area contributed by atoms with Gasteiger partial charge in [-0.25, -0.2) is 9.97 Å². The largest absolute Gasteiger partial charge is 0.367 e. The highest BCUT2D eigenvalue weighted by atomic mass is 16.6. The van der Waals surface area contributed by atoms with Gasteiger partial charge in [-0.15, -0.1) is 0 Å². The van der Waals surface area contributed by atoms with Crippen molar-refractivity contribution in [3.8, 4) is 0 Å². The van der Waals surface area contributed by atoms with Crippen LogP contribution in [-0.4, -0.2) is 60.1 Å².